The van der Waals surface area contributed by atoms with Gasteiger partial charge in [-0.05, 0) is 24.3 Å². The summed E-state index contributed by atoms with van der Waals surface area (Å²) in [7, 11) is 1.70. The molecule has 2 rings (SSSR count). The van der Waals surface area contributed by atoms with E-state index in [1.165, 1.54) is 6.33 Å². The Morgan fingerprint density at radius 2 is 1.85 bits per heavy atom. The molecule has 0 aliphatic carbocycles. The Bertz CT molecular complexity index is 616. The number of amides is 1. The Balaban J connectivity index is 2.05. The zero-order chi connectivity index (χ0) is 14.5. The van der Waals surface area contributed by atoms with Crippen molar-refractivity contribution >= 4 is 39.2 Å². The van der Waals surface area contributed by atoms with E-state index in [-0.39, 0.29) is 5.91 Å². The van der Waals surface area contributed by atoms with E-state index in [0.29, 0.717) is 22.9 Å². The molecule has 0 bridgehead atoms. The van der Waals surface area contributed by atoms with Crippen LogP contribution in [0.25, 0.3) is 0 Å². The standard InChI is InChI=1S/C12H13BrN6O/c1-15-10-9(14)11(17-6-16-10)18-19-12(20)7-2-4-8(13)5-3-7/h2-6H,14H2,1H3,(H,19,20)(H2,15,16,17,18). The molecule has 0 radical (unpaired) electrons. The molecule has 0 aliphatic heterocycles. The second-order valence-electron chi connectivity index (χ2n) is 3.82. The van der Waals surface area contributed by atoms with Gasteiger partial charge < -0.3 is 11.1 Å². The Labute approximate surface area is 124 Å². The smallest absolute Gasteiger partial charge is 0.269 e. The predicted octanol–water partition coefficient (Wildman–Crippen LogP) is 1.62. The molecule has 1 aromatic carbocycles. The van der Waals surface area contributed by atoms with Gasteiger partial charge in [-0.25, -0.2) is 9.97 Å². The fourth-order valence-electron chi connectivity index (χ4n) is 1.48. The highest BCUT2D eigenvalue weighted by Gasteiger charge is 2.09. The van der Waals surface area contributed by atoms with E-state index < -0.39 is 0 Å². The number of nitrogens with one attached hydrogen (secondary N) is 3. The van der Waals surface area contributed by atoms with Crippen molar-refractivity contribution in [2.75, 3.05) is 23.5 Å². The summed E-state index contributed by atoms with van der Waals surface area (Å²) in [6.07, 6.45) is 1.34. The number of anilines is 3. The minimum Gasteiger partial charge on any atom is -0.393 e. The molecule has 20 heavy (non-hydrogen) atoms. The van der Waals surface area contributed by atoms with Crippen LogP contribution in [0.5, 0.6) is 0 Å². The molecule has 1 heterocycles. The predicted molar refractivity (Wildman–Crippen MR) is 81.2 cm³/mol. The molecule has 0 saturated heterocycles. The quantitative estimate of drug-likeness (QED) is 0.632. The van der Waals surface area contributed by atoms with Gasteiger partial charge in [0.15, 0.2) is 11.6 Å². The normalized spacial score (nSPS) is 9.90. The highest BCUT2D eigenvalue weighted by Crippen LogP contribution is 2.20. The zero-order valence-electron chi connectivity index (χ0n) is 10.6. The monoisotopic (exact) mass is 336 g/mol. The van der Waals surface area contributed by atoms with E-state index in [9.17, 15) is 4.79 Å². The van der Waals surface area contributed by atoms with Crippen LogP contribution in [-0.4, -0.2) is 22.9 Å². The lowest BCUT2D eigenvalue weighted by Crippen LogP contribution is -2.30. The molecule has 0 fully saturated rings. The second kappa shape index (κ2) is 6.20. The molecule has 0 unspecified atom stereocenters. The summed E-state index contributed by atoms with van der Waals surface area (Å²) in [5, 5.41) is 2.83. The average molecular weight is 337 g/mol. The van der Waals surface area contributed by atoms with Crippen LogP contribution in [-0.2, 0) is 0 Å². The third kappa shape index (κ3) is 3.15. The summed E-state index contributed by atoms with van der Waals surface area (Å²) in [5.74, 6) is 0.525. The summed E-state index contributed by atoms with van der Waals surface area (Å²) < 4.78 is 0.903. The summed E-state index contributed by atoms with van der Waals surface area (Å²) in [4.78, 5) is 19.8. The molecule has 2 aromatic rings. The number of aromatic nitrogens is 2. The minimum atomic E-state index is -0.290. The number of nitrogens with zero attached hydrogens (tertiary/aromatic N) is 2. The van der Waals surface area contributed by atoms with Gasteiger partial charge in [0.05, 0.1) is 0 Å². The van der Waals surface area contributed by atoms with E-state index >= 15 is 0 Å². The van der Waals surface area contributed by atoms with E-state index in [0.717, 1.165) is 4.47 Å². The number of halogens is 1. The first-order valence-corrected chi connectivity index (χ1v) is 6.51. The van der Waals surface area contributed by atoms with Crippen LogP contribution in [0.15, 0.2) is 35.1 Å². The summed E-state index contributed by atoms with van der Waals surface area (Å²) in [5.41, 5.74) is 11.9. The van der Waals surface area contributed by atoms with Crippen molar-refractivity contribution in [2.24, 2.45) is 0 Å². The van der Waals surface area contributed by atoms with Crippen molar-refractivity contribution in [3.05, 3.63) is 40.6 Å². The first kappa shape index (κ1) is 14.1. The zero-order valence-corrected chi connectivity index (χ0v) is 12.2. The summed E-state index contributed by atoms with van der Waals surface area (Å²) in [6.45, 7) is 0. The second-order valence-corrected chi connectivity index (χ2v) is 4.74. The van der Waals surface area contributed by atoms with Gasteiger partial charge in [0.2, 0.25) is 0 Å². The lowest BCUT2D eigenvalue weighted by molar-refractivity contribution is 0.0962. The Morgan fingerprint density at radius 1 is 1.20 bits per heavy atom. The van der Waals surface area contributed by atoms with Gasteiger partial charge in [0, 0.05) is 17.1 Å². The number of nitrogens with two attached hydrogens (primary N) is 1. The van der Waals surface area contributed by atoms with E-state index in [1.807, 2.05) is 0 Å². The Morgan fingerprint density at radius 3 is 2.50 bits per heavy atom. The Hall–Kier alpha value is -2.35. The highest BCUT2D eigenvalue weighted by molar-refractivity contribution is 9.10. The van der Waals surface area contributed by atoms with Gasteiger partial charge in [-0.3, -0.25) is 15.6 Å². The van der Waals surface area contributed by atoms with E-state index in [4.69, 9.17) is 5.73 Å². The lowest BCUT2D eigenvalue weighted by Gasteiger charge is -2.11. The van der Waals surface area contributed by atoms with Crippen molar-refractivity contribution in [2.45, 2.75) is 0 Å². The van der Waals surface area contributed by atoms with Crippen LogP contribution in [0.3, 0.4) is 0 Å². The molecule has 0 atom stereocenters. The average Bonchev–Trinajstić information content (AvgIpc) is 2.46. The molecule has 104 valence electrons. The number of hydrogen-bond acceptors (Lipinski definition) is 6. The van der Waals surface area contributed by atoms with Crippen molar-refractivity contribution < 1.29 is 4.79 Å². The third-order valence-corrected chi connectivity index (χ3v) is 3.05. The summed E-state index contributed by atoms with van der Waals surface area (Å²) >= 11 is 3.31. The maximum absolute atomic E-state index is 11.9. The first-order chi connectivity index (χ1) is 9.61. The van der Waals surface area contributed by atoms with Crippen LogP contribution in [0, 0.1) is 0 Å². The lowest BCUT2D eigenvalue weighted by atomic mass is 10.2. The molecule has 5 N–H and O–H groups in total. The fraction of sp³-hybridized carbons (Fsp3) is 0.0833. The van der Waals surface area contributed by atoms with Crippen molar-refractivity contribution in [1.82, 2.24) is 15.4 Å². The van der Waals surface area contributed by atoms with E-state index in [1.54, 1.807) is 31.3 Å². The number of hydrogen-bond donors (Lipinski definition) is 4. The molecule has 1 amide bonds. The van der Waals surface area contributed by atoms with Crippen molar-refractivity contribution in [1.29, 1.82) is 0 Å². The largest absolute Gasteiger partial charge is 0.393 e. The van der Waals surface area contributed by atoms with Gasteiger partial charge in [0.1, 0.15) is 12.0 Å². The molecular formula is C12H13BrN6O. The van der Waals surface area contributed by atoms with Gasteiger partial charge in [0.25, 0.3) is 5.91 Å². The van der Waals surface area contributed by atoms with Gasteiger partial charge in [-0.1, -0.05) is 15.9 Å². The van der Waals surface area contributed by atoms with Crippen LogP contribution >= 0.6 is 15.9 Å². The number of rotatable bonds is 4. The molecule has 0 spiro atoms. The maximum atomic E-state index is 11.9. The number of hydrazine groups is 1. The molecule has 1 aromatic heterocycles. The van der Waals surface area contributed by atoms with Gasteiger partial charge in [-0.2, -0.15) is 0 Å². The Kier molecular flexibility index (Phi) is 4.36. The van der Waals surface area contributed by atoms with Gasteiger partial charge in [-0.15, -0.1) is 0 Å². The van der Waals surface area contributed by atoms with Crippen molar-refractivity contribution in [3.8, 4) is 0 Å². The van der Waals surface area contributed by atoms with Crippen LogP contribution < -0.4 is 21.9 Å². The van der Waals surface area contributed by atoms with Crippen LogP contribution in [0.4, 0.5) is 17.3 Å². The molecule has 0 saturated carbocycles. The number of carbonyl (C=O) groups is 1. The SMILES string of the molecule is CNc1ncnc(NNC(=O)c2ccc(Br)cc2)c1N. The molecule has 8 heteroatoms. The highest BCUT2D eigenvalue weighted by atomic mass is 79.9. The van der Waals surface area contributed by atoms with E-state index in [2.05, 4.69) is 42.1 Å². The first-order valence-electron chi connectivity index (χ1n) is 5.72. The number of carbonyl (C=O) groups excluding carboxylic acids is 1. The minimum absolute atomic E-state index is 0.290. The summed E-state index contributed by atoms with van der Waals surface area (Å²) in [6, 6.07) is 6.97. The van der Waals surface area contributed by atoms with Crippen LogP contribution in [0.1, 0.15) is 10.4 Å². The topological polar surface area (TPSA) is 105 Å². The van der Waals surface area contributed by atoms with Crippen LogP contribution in [0.2, 0.25) is 0 Å². The fourth-order valence-corrected chi connectivity index (χ4v) is 1.75. The molecule has 0 aliphatic rings. The maximum Gasteiger partial charge on any atom is 0.269 e. The molecular weight excluding hydrogens is 324 g/mol. The van der Waals surface area contributed by atoms with Gasteiger partial charge >= 0.3 is 0 Å². The third-order valence-electron chi connectivity index (χ3n) is 2.52. The van der Waals surface area contributed by atoms with Crippen molar-refractivity contribution in [3.63, 3.8) is 0 Å². The molecule has 7 nitrogen and oxygen atoms in total. The number of benzene rings is 1. The number of nitrogen functional groups attached to an aromatic ring is 1.